The van der Waals surface area contributed by atoms with E-state index in [0.29, 0.717) is 6.04 Å². The van der Waals surface area contributed by atoms with Gasteiger partial charge in [-0.3, -0.25) is 4.90 Å². The second-order valence-electron chi connectivity index (χ2n) is 4.61. The van der Waals surface area contributed by atoms with E-state index < -0.39 is 0 Å². The Hall–Kier alpha value is -0.160. The van der Waals surface area contributed by atoms with E-state index in [1.807, 2.05) is 0 Å². The third-order valence-corrected chi connectivity index (χ3v) is 3.47. The highest BCUT2D eigenvalue weighted by Gasteiger charge is 2.41. The van der Waals surface area contributed by atoms with E-state index in [0.717, 1.165) is 52.1 Å². The van der Waals surface area contributed by atoms with Crippen LogP contribution in [0.2, 0.25) is 0 Å². The van der Waals surface area contributed by atoms with E-state index in [-0.39, 0.29) is 5.79 Å². The summed E-state index contributed by atoms with van der Waals surface area (Å²) in [6, 6.07) is 0.542. The number of hydrogen-bond acceptors (Lipinski definition) is 4. The molecule has 1 spiro atoms. The molecule has 0 aromatic heterocycles. The van der Waals surface area contributed by atoms with Crippen molar-refractivity contribution in [2.24, 2.45) is 5.73 Å². The first kappa shape index (κ1) is 11.3. The van der Waals surface area contributed by atoms with E-state index in [1.165, 1.54) is 0 Å². The molecular formula is C11H22N2O2. The first-order chi connectivity index (χ1) is 7.26. The molecule has 0 amide bonds. The van der Waals surface area contributed by atoms with Crippen LogP contribution in [0.1, 0.15) is 26.2 Å². The van der Waals surface area contributed by atoms with Crippen LogP contribution in [0.4, 0.5) is 0 Å². The van der Waals surface area contributed by atoms with Gasteiger partial charge in [0.05, 0.1) is 19.8 Å². The van der Waals surface area contributed by atoms with Crippen molar-refractivity contribution in [1.82, 2.24) is 4.90 Å². The normalized spacial score (nSPS) is 28.4. The molecule has 4 heteroatoms. The van der Waals surface area contributed by atoms with Gasteiger partial charge in [0.15, 0.2) is 5.79 Å². The van der Waals surface area contributed by atoms with Crippen LogP contribution in [0.15, 0.2) is 0 Å². The Balaban J connectivity index is 1.91. The fraction of sp³-hybridized carbons (Fsp3) is 1.00. The zero-order valence-corrected chi connectivity index (χ0v) is 9.58. The number of rotatable bonds is 3. The molecule has 15 heavy (non-hydrogen) atoms. The van der Waals surface area contributed by atoms with Crippen LogP contribution in [0.3, 0.4) is 0 Å². The quantitative estimate of drug-likeness (QED) is 0.746. The van der Waals surface area contributed by atoms with Crippen LogP contribution in [-0.2, 0) is 9.47 Å². The molecule has 88 valence electrons. The van der Waals surface area contributed by atoms with Crippen molar-refractivity contribution in [3.8, 4) is 0 Å². The largest absolute Gasteiger partial charge is 0.346 e. The minimum absolute atomic E-state index is 0.291. The molecule has 2 N–H and O–H groups in total. The summed E-state index contributed by atoms with van der Waals surface area (Å²) in [4.78, 5) is 2.45. The third-order valence-electron chi connectivity index (χ3n) is 3.47. The molecule has 2 saturated heterocycles. The molecule has 4 nitrogen and oxygen atoms in total. The van der Waals surface area contributed by atoms with Gasteiger partial charge in [0.2, 0.25) is 0 Å². The second kappa shape index (κ2) is 4.78. The minimum Gasteiger partial charge on any atom is -0.346 e. The van der Waals surface area contributed by atoms with Gasteiger partial charge in [0, 0.05) is 12.5 Å². The highest BCUT2D eigenvalue weighted by atomic mass is 16.7. The zero-order chi connectivity index (χ0) is 10.7. The molecule has 0 aromatic rings. The van der Waals surface area contributed by atoms with Crippen LogP contribution < -0.4 is 5.73 Å². The topological polar surface area (TPSA) is 47.7 Å². The number of ether oxygens (including phenoxy) is 2. The number of hydrogen-bond donors (Lipinski definition) is 1. The molecule has 2 aliphatic heterocycles. The summed E-state index contributed by atoms with van der Waals surface area (Å²) in [5.41, 5.74) is 5.59. The van der Waals surface area contributed by atoms with Gasteiger partial charge in [0.1, 0.15) is 0 Å². The molecule has 2 fully saturated rings. The van der Waals surface area contributed by atoms with Crippen LogP contribution in [0.25, 0.3) is 0 Å². The van der Waals surface area contributed by atoms with Crippen molar-refractivity contribution in [3.63, 3.8) is 0 Å². The van der Waals surface area contributed by atoms with Crippen molar-refractivity contribution in [3.05, 3.63) is 0 Å². The van der Waals surface area contributed by atoms with Gasteiger partial charge >= 0.3 is 0 Å². The van der Waals surface area contributed by atoms with Crippen LogP contribution in [-0.4, -0.2) is 49.6 Å². The molecule has 1 atom stereocenters. The smallest absolute Gasteiger partial charge is 0.181 e. The fourth-order valence-corrected chi connectivity index (χ4v) is 2.55. The SMILES string of the molecule is CC(CCN)N1CCCC2(C1)OCCO2. The van der Waals surface area contributed by atoms with E-state index in [2.05, 4.69) is 11.8 Å². The van der Waals surface area contributed by atoms with Crippen molar-refractivity contribution in [1.29, 1.82) is 0 Å². The van der Waals surface area contributed by atoms with Crippen LogP contribution in [0.5, 0.6) is 0 Å². The molecule has 2 heterocycles. The first-order valence-corrected chi connectivity index (χ1v) is 5.98. The van der Waals surface area contributed by atoms with Gasteiger partial charge in [-0.25, -0.2) is 0 Å². The maximum Gasteiger partial charge on any atom is 0.181 e. The van der Waals surface area contributed by atoms with E-state index >= 15 is 0 Å². The molecule has 0 aromatic carbocycles. The zero-order valence-electron chi connectivity index (χ0n) is 9.58. The summed E-state index contributed by atoms with van der Waals surface area (Å²) in [5.74, 6) is -0.291. The Bertz CT molecular complexity index is 205. The lowest BCUT2D eigenvalue weighted by Crippen LogP contribution is -2.52. The summed E-state index contributed by atoms with van der Waals surface area (Å²) in [5, 5.41) is 0. The molecule has 0 aliphatic carbocycles. The standard InChI is InChI=1S/C11H22N2O2/c1-10(3-5-12)13-6-2-4-11(9-13)14-7-8-15-11/h10H,2-9,12H2,1H3. The van der Waals surface area contributed by atoms with Crippen molar-refractivity contribution >= 4 is 0 Å². The molecule has 0 bridgehead atoms. The molecular weight excluding hydrogens is 192 g/mol. The predicted octanol–water partition coefficient (Wildman–Crippen LogP) is 0.563. The second-order valence-corrected chi connectivity index (χ2v) is 4.61. The Labute approximate surface area is 91.7 Å². The lowest BCUT2D eigenvalue weighted by molar-refractivity contribution is -0.193. The number of nitrogens with zero attached hydrogens (tertiary/aromatic N) is 1. The van der Waals surface area contributed by atoms with Gasteiger partial charge in [-0.2, -0.15) is 0 Å². The molecule has 2 aliphatic rings. The summed E-state index contributed by atoms with van der Waals surface area (Å²) < 4.78 is 11.5. The van der Waals surface area contributed by atoms with E-state index in [1.54, 1.807) is 0 Å². The lowest BCUT2D eigenvalue weighted by atomic mass is 10.0. The number of likely N-dealkylation sites (tertiary alicyclic amines) is 1. The Morgan fingerprint density at radius 2 is 2.13 bits per heavy atom. The maximum atomic E-state index is 5.74. The molecule has 1 unspecified atom stereocenters. The summed E-state index contributed by atoms with van der Waals surface area (Å²) in [6.45, 7) is 6.55. The Morgan fingerprint density at radius 3 is 2.80 bits per heavy atom. The van der Waals surface area contributed by atoms with E-state index in [4.69, 9.17) is 15.2 Å². The van der Waals surface area contributed by atoms with Gasteiger partial charge in [0.25, 0.3) is 0 Å². The lowest BCUT2D eigenvalue weighted by Gasteiger charge is -2.41. The fourth-order valence-electron chi connectivity index (χ4n) is 2.55. The predicted molar refractivity (Wildman–Crippen MR) is 58.6 cm³/mol. The van der Waals surface area contributed by atoms with Gasteiger partial charge < -0.3 is 15.2 Å². The highest BCUT2D eigenvalue weighted by Crippen LogP contribution is 2.31. The third kappa shape index (κ3) is 2.50. The summed E-state index contributed by atoms with van der Waals surface area (Å²) >= 11 is 0. The summed E-state index contributed by atoms with van der Waals surface area (Å²) in [7, 11) is 0. The Morgan fingerprint density at radius 1 is 1.40 bits per heavy atom. The van der Waals surface area contributed by atoms with Gasteiger partial charge in [-0.15, -0.1) is 0 Å². The van der Waals surface area contributed by atoms with Crippen LogP contribution in [0, 0.1) is 0 Å². The number of piperidine rings is 1. The van der Waals surface area contributed by atoms with Gasteiger partial charge in [-0.05, 0) is 32.9 Å². The molecule has 0 saturated carbocycles. The Kier molecular flexibility index (Phi) is 3.61. The van der Waals surface area contributed by atoms with Crippen molar-refractivity contribution in [2.45, 2.75) is 38.0 Å². The average molecular weight is 214 g/mol. The minimum atomic E-state index is -0.291. The maximum absolute atomic E-state index is 5.74. The average Bonchev–Trinajstić information content (AvgIpc) is 2.67. The van der Waals surface area contributed by atoms with E-state index in [9.17, 15) is 0 Å². The van der Waals surface area contributed by atoms with Crippen molar-refractivity contribution in [2.75, 3.05) is 32.8 Å². The van der Waals surface area contributed by atoms with Crippen molar-refractivity contribution < 1.29 is 9.47 Å². The molecule has 2 rings (SSSR count). The van der Waals surface area contributed by atoms with Gasteiger partial charge in [-0.1, -0.05) is 0 Å². The molecule has 0 radical (unpaired) electrons. The highest BCUT2D eigenvalue weighted by molar-refractivity contribution is 4.86. The number of nitrogens with two attached hydrogens (primary N) is 1. The monoisotopic (exact) mass is 214 g/mol. The van der Waals surface area contributed by atoms with Crippen LogP contribution >= 0.6 is 0 Å². The first-order valence-electron chi connectivity index (χ1n) is 5.98. The summed E-state index contributed by atoms with van der Waals surface area (Å²) in [6.07, 6.45) is 3.25.